The van der Waals surface area contributed by atoms with Crippen LogP contribution in [-0.4, -0.2) is 32.3 Å². The first-order valence-electron chi connectivity index (χ1n) is 4.26. The van der Waals surface area contributed by atoms with E-state index < -0.39 is 28.4 Å². The minimum atomic E-state index is -3.74. The molecule has 0 radical (unpaired) electrons. The van der Waals surface area contributed by atoms with Crippen molar-refractivity contribution in [3.63, 3.8) is 0 Å². The Morgan fingerprint density at radius 2 is 2.12 bits per heavy atom. The maximum absolute atomic E-state index is 12.9. The number of carbonyl (C=O) groups is 1. The molecule has 1 rings (SSSR count). The van der Waals surface area contributed by atoms with Gasteiger partial charge in [0, 0.05) is 0 Å². The monoisotopic (exact) mass is 247 g/mol. The summed E-state index contributed by atoms with van der Waals surface area (Å²) < 4.78 is 36.1. The summed E-state index contributed by atoms with van der Waals surface area (Å²) in [4.78, 5) is 10.5. The van der Waals surface area contributed by atoms with E-state index in [2.05, 4.69) is 0 Å². The van der Waals surface area contributed by atoms with Crippen LogP contribution >= 0.6 is 0 Å². The van der Waals surface area contributed by atoms with Crippen molar-refractivity contribution in [1.82, 2.24) is 0 Å². The van der Waals surface area contributed by atoms with E-state index in [1.165, 1.54) is 12.1 Å². The van der Waals surface area contributed by atoms with Gasteiger partial charge < -0.3 is 5.11 Å². The van der Waals surface area contributed by atoms with Gasteiger partial charge >= 0.3 is 5.97 Å². The Hall–Kier alpha value is -1.63. The van der Waals surface area contributed by atoms with E-state index in [-0.39, 0.29) is 5.69 Å². The first-order valence-corrected chi connectivity index (χ1v) is 6.10. The molecule has 0 saturated carbocycles. The van der Waals surface area contributed by atoms with Crippen LogP contribution in [0.3, 0.4) is 0 Å². The second kappa shape index (κ2) is 4.48. The highest BCUT2D eigenvalue weighted by atomic mass is 32.2. The van der Waals surface area contributed by atoms with Gasteiger partial charge in [-0.05, 0) is 18.2 Å². The van der Waals surface area contributed by atoms with Crippen molar-refractivity contribution in [2.24, 2.45) is 0 Å². The lowest BCUT2D eigenvalue weighted by Crippen LogP contribution is -2.34. The van der Waals surface area contributed by atoms with Crippen molar-refractivity contribution >= 4 is 21.7 Å². The summed E-state index contributed by atoms with van der Waals surface area (Å²) in [7, 11) is -3.74. The standard InChI is InChI=1S/C9H10FNO4S/c1-16(14,15)11(6-9(12)13)8-4-2-3-7(10)5-8/h2-5H,6H2,1H3,(H,12,13). The zero-order valence-corrected chi connectivity index (χ0v) is 9.24. The molecule has 0 amide bonds. The zero-order valence-electron chi connectivity index (χ0n) is 8.42. The van der Waals surface area contributed by atoms with E-state index in [4.69, 9.17) is 5.11 Å². The molecule has 7 heteroatoms. The molecule has 0 heterocycles. The van der Waals surface area contributed by atoms with Crippen LogP contribution in [0.25, 0.3) is 0 Å². The number of carboxylic acid groups (broad SMARTS) is 1. The Balaban J connectivity index is 3.16. The van der Waals surface area contributed by atoms with Crippen LogP contribution in [0.5, 0.6) is 0 Å². The second-order valence-electron chi connectivity index (χ2n) is 3.14. The molecule has 0 aliphatic rings. The summed E-state index contributed by atoms with van der Waals surface area (Å²) in [6.07, 6.45) is 0.862. The van der Waals surface area contributed by atoms with Crippen LogP contribution in [0, 0.1) is 5.82 Å². The summed E-state index contributed by atoms with van der Waals surface area (Å²) >= 11 is 0. The Morgan fingerprint density at radius 3 is 2.56 bits per heavy atom. The van der Waals surface area contributed by atoms with Gasteiger partial charge in [0.1, 0.15) is 12.4 Å². The van der Waals surface area contributed by atoms with Gasteiger partial charge in [0.25, 0.3) is 0 Å². The number of nitrogens with zero attached hydrogens (tertiary/aromatic N) is 1. The number of hydrogen-bond acceptors (Lipinski definition) is 3. The van der Waals surface area contributed by atoms with Crippen LogP contribution in [0.1, 0.15) is 0 Å². The van der Waals surface area contributed by atoms with Gasteiger partial charge in [-0.2, -0.15) is 0 Å². The smallest absolute Gasteiger partial charge is 0.324 e. The molecule has 0 aliphatic carbocycles. The van der Waals surface area contributed by atoms with E-state index in [9.17, 15) is 17.6 Å². The third kappa shape index (κ3) is 3.20. The summed E-state index contributed by atoms with van der Waals surface area (Å²) in [6.45, 7) is -0.734. The number of hydrogen-bond donors (Lipinski definition) is 1. The lowest BCUT2D eigenvalue weighted by molar-refractivity contribution is -0.135. The topological polar surface area (TPSA) is 74.7 Å². The van der Waals surface area contributed by atoms with Gasteiger partial charge in [0.05, 0.1) is 11.9 Å². The minimum absolute atomic E-state index is 0.00935. The number of rotatable bonds is 4. The van der Waals surface area contributed by atoms with Crippen LogP contribution in [0.4, 0.5) is 10.1 Å². The molecule has 1 N–H and O–H groups in total. The second-order valence-corrected chi connectivity index (χ2v) is 5.05. The number of benzene rings is 1. The molecule has 1 aromatic carbocycles. The van der Waals surface area contributed by atoms with Gasteiger partial charge in [0.15, 0.2) is 0 Å². The van der Waals surface area contributed by atoms with Crippen molar-refractivity contribution in [3.05, 3.63) is 30.1 Å². The highest BCUT2D eigenvalue weighted by Gasteiger charge is 2.20. The molecule has 0 bridgehead atoms. The van der Waals surface area contributed by atoms with Crippen molar-refractivity contribution in [2.45, 2.75) is 0 Å². The predicted molar refractivity (Wildman–Crippen MR) is 56.2 cm³/mol. The SMILES string of the molecule is CS(=O)(=O)N(CC(=O)O)c1cccc(F)c1. The van der Waals surface area contributed by atoms with E-state index in [0.717, 1.165) is 18.4 Å². The molecule has 0 aromatic heterocycles. The average Bonchev–Trinajstić information content (AvgIpc) is 2.12. The molecule has 16 heavy (non-hydrogen) atoms. The van der Waals surface area contributed by atoms with E-state index in [0.29, 0.717) is 4.31 Å². The summed E-state index contributed by atoms with van der Waals surface area (Å²) in [5.41, 5.74) is -0.00935. The van der Waals surface area contributed by atoms with Crippen molar-refractivity contribution in [2.75, 3.05) is 17.1 Å². The molecule has 0 saturated heterocycles. The lowest BCUT2D eigenvalue weighted by atomic mass is 10.3. The van der Waals surface area contributed by atoms with Crippen LogP contribution < -0.4 is 4.31 Å². The molecular weight excluding hydrogens is 237 g/mol. The van der Waals surface area contributed by atoms with Crippen LogP contribution in [-0.2, 0) is 14.8 Å². The fourth-order valence-electron chi connectivity index (χ4n) is 1.15. The van der Waals surface area contributed by atoms with Crippen LogP contribution in [0.2, 0.25) is 0 Å². The first kappa shape index (κ1) is 12.4. The van der Waals surface area contributed by atoms with E-state index in [1.54, 1.807) is 0 Å². The number of anilines is 1. The Kier molecular flexibility index (Phi) is 3.48. The largest absolute Gasteiger partial charge is 0.480 e. The fraction of sp³-hybridized carbons (Fsp3) is 0.222. The molecule has 0 aliphatic heterocycles. The predicted octanol–water partition coefficient (Wildman–Crippen LogP) is 0.676. The first-order chi connectivity index (χ1) is 7.30. The lowest BCUT2D eigenvalue weighted by Gasteiger charge is -2.19. The van der Waals surface area contributed by atoms with Crippen molar-refractivity contribution in [1.29, 1.82) is 0 Å². The highest BCUT2D eigenvalue weighted by molar-refractivity contribution is 7.92. The zero-order chi connectivity index (χ0) is 12.3. The molecular formula is C9H10FNO4S. The molecule has 5 nitrogen and oxygen atoms in total. The third-order valence-electron chi connectivity index (χ3n) is 1.78. The number of aliphatic carboxylic acids is 1. The molecule has 1 aromatic rings. The van der Waals surface area contributed by atoms with Gasteiger partial charge in [-0.15, -0.1) is 0 Å². The minimum Gasteiger partial charge on any atom is -0.480 e. The number of carboxylic acids is 1. The maximum atomic E-state index is 12.9. The Morgan fingerprint density at radius 1 is 1.50 bits per heavy atom. The van der Waals surface area contributed by atoms with Gasteiger partial charge in [-0.3, -0.25) is 9.10 Å². The molecule has 0 atom stereocenters. The highest BCUT2D eigenvalue weighted by Crippen LogP contribution is 2.17. The Labute approximate surface area is 92.2 Å². The van der Waals surface area contributed by atoms with Crippen molar-refractivity contribution in [3.8, 4) is 0 Å². The molecule has 0 unspecified atom stereocenters. The Bertz CT molecular complexity index is 500. The average molecular weight is 247 g/mol. The molecule has 0 spiro atoms. The van der Waals surface area contributed by atoms with E-state index >= 15 is 0 Å². The summed E-state index contributed by atoms with van der Waals surface area (Å²) in [5, 5.41) is 8.58. The number of sulfonamides is 1. The van der Waals surface area contributed by atoms with Crippen LogP contribution in [0.15, 0.2) is 24.3 Å². The molecule has 0 fully saturated rings. The normalized spacial score (nSPS) is 11.1. The van der Waals surface area contributed by atoms with E-state index in [1.807, 2.05) is 0 Å². The summed E-state index contributed by atoms with van der Waals surface area (Å²) in [6, 6.07) is 4.74. The van der Waals surface area contributed by atoms with Crippen molar-refractivity contribution < 1.29 is 22.7 Å². The number of halogens is 1. The van der Waals surface area contributed by atoms with Gasteiger partial charge in [-0.25, -0.2) is 12.8 Å². The maximum Gasteiger partial charge on any atom is 0.324 e. The van der Waals surface area contributed by atoms with Gasteiger partial charge in [0.2, 0.25) is 10.0 Å². The fourth-order valence-corrected chi connectivity index (χ4v) is 2.00. The summed E-state index contributed by atoms with van der Waals surface area (Å²) in [5.74, 6) is -1.94. The van der Waals surface area contributed by atoms with Gasteiger partial charge in [-0.1, -0.05) is 6.07 Å². The quantitative estimate of drug-likeness (QED) is 0.848. The third-order valence-corrected chi connectivity index (χ3v) is 2.92. The molecule has 88 valence electrons.